The summed E-state index contributed by atoms with van der Waals surface area (Å²) in [5, 5.41) is 0. The molecule has 2 fully saturated rings. The third kappa shape index (κ3) is 3.62. The van der Waals surface area contributed by atoms with Crippen molar-refractivity contribution in [2.75, 3.05) is 36.0 Å². The largest absolute Gasteiger partial charge is 0.356 e. The van der Waals surface area contributed by atoms with Crippen LogP contribution in [0.4, 0.5) is 11.8 Å². The lowest BCUT2D eigenvalue weighted by Crippen LogP contribution is -2.36. The average molecular weight is 340 g/mol. The Morgan fingerprint density at radius 2 is 1.92 bits per heavy atom. The number of nitrogens with zero attached hydrogens (tertiary/aromatic N) is 5. The number of aromatic amines is 1. The second-order valence-corrected chi connectivity index (χ2v) is 7.18. The fourth-order valence-electron chi connectivity index (χ4n) is 3.96. The van der Waals surface area contributed by atoms with Crippen molar-refractivity contribution >= 4 is 11.8 Å². The Labute approximate surface area is 149 Å². The van der Waals surface area contributed by atoms with Gasteiger partial charge in [0.1, 0.15) is 11.6 Å². The Balaban J connectivity index is 1.57. The van der Waals surface area contributed by atoms with Crippen molar-refractivity contribution in [3.05, 3.63) is 30.0 Å². The van der Waals surface area contributed by atoms with Crippen molar-refractivity contribution in [3.8, 4) is 0 Å². The lowest BCUT2D eigenvalue weighted by Gasteiger charge is -2.34. The first-order valence-corrected chi connectivity index (χ1v) is 9.70. The average Bonchev–Trinajstić information content (AvgIpc) is 3.23. The highest BCUT2D eigenvalue weighted by Gasteiger charge is 2.25. The molecule has 134 valence electrons. The Morgan fingerprint density at radius 1 is 1.08 bits per heavy atom. The molecule has 0 aliphatic carbocycles. The lowest BCUT2D eigenvalue weighted by molar-refractivity contribution is 0.490. The first kappa shape index (κ1) is 16.4. The van der Waals surface area contributed by atoms with Gasteiger partial charge in [-0.2, -0.15) is 4.98 Å². The highest BCUT2D eigenvalue weighted by Crippen LogP contribution is 2.29. The van der Waals surface area contributed by atoms with E-state index < -0.39 is 0 Å². The Bertz CT molecular complexity index is 677. The van der Waals surface area contributed by atoms with Crippen LogP contribution in [0.1, 0.15) is 56.5 Å². The number of hydrogen-bond acceptors (Lipinski definition) is 5. The van der Waals surface area contributed by atoms with Crippen LogP contribution in [0.5, 0.6) is 0 Å². The van der Waals surface area contributed by atoms with E-state index in [9.17, 15) is 0 Å². The van der Waals surface area contributed by atoms with Crippen LogP contribution in [0.3, 0.4) is 0 Å². The van der Waals surface area contributed by atoms with Crippen LogP contribution in [0.2, 0.25) is 0 Å². The Hall–Kier alpha value is -2.11. The number of piperidine rings is 2. The normalized spacial score (nSPS) is 21.6. The highest BCUT2D eigenvalue weighted by molar-refractivity contribution is 5.47. The molecule has 2 aliphatic heterocycles. The molecule has 6 heteroatoms. The summed E-state index contributed by atoms with van der Waals surface area (Å²) in [4.78, 5) is 22.3. The summed E-state index contributed by atoms with van der Waals surface area (Å²) in [5.41, 5.74) is 1.14. The van der Waals surface area contributed by atoms with E-state index in [1.807, 2.05) is 12.4 Å². The molecule has 2 saturated heterocycles. The van der Waals surface area contributed by atoms with Crippen molar-refractivity contribution in [2.24, 2.45) is 0 Å². The van der Waals surface area contributed by atoms with E-state index in [4.69, 9.17) is 9.97 Å². The zero-order valence-electron chi connectivity index (χ0n) is 15.1. The van der Waals surface area contributed by atoms with Crippen LogP contribution >= 0.6 is 0 Å². The highest BCUT2D eigenvalue weighted by atomic mass is 15.3. The van der Waals surface area contributed by atoms with E-state index in [0.29, 0.717) is 5.92 Å². The molecule has 4 rings (SSSR count). The number of anilines is 2. The van der Waals surface area contributed by atoms with Crippen LogP contribution in [0, 0.1) is 0 Å². The molecule has 4 heterocycles. The smallest absolute Gasteiger partial charge is 0.227 e. The SMILES string of the molecule is CCc1cc(N2CCCC(c3ncc[nH]3)C2)nc(N2CCCCC2)n1. The summed E-state index contributed by atoms with van der Waals surface area (Å²) in [7, 11) is 0. The van der Waals surface area contributed by atoms with E-state index in [1.165, 1.54) is 32.1 Å². The van der Waals surface area contributed by atoms with Gasteiger partial charge in [-0.3, -0.25) is 0 Å². The first-order valence-electron chi connectivity index (χ1n) is 9.70. The number of H-pyrrole nitrogens is 1. The standard InChI is InChI=1S/C19H28N6/c1-2-16-13-17(23-19(22-16)24-10-4-3-5-11-24)25-12-6-7-15(14-25)18-20-8-9-21-18/h8-9,13,15H,2-7,10-12,14H2,1H3,(H,20,21). The molecule has 0 bridgehead atoms. The molecule has 1 N–H and O–H groups in total. The molecule has 1 atom stereocenters. The fourth-order valence-corrected chi connectivity index (χ4v) is 3.96. The monoisotopic (exact) mass is 340 g/mol. The molecular formula is C19H28N6. The summed E-state index contributed by atoms with van der Waals surface area (Å²) in [6, 6.07) is 2.18. The van der Waals surface area contributed by atoms with E-state index in [1.54, 1.807) is 0 Å². The lowest BCUT2D eigenvalue weighted by atomic mass is 9.97. The predicted molar refractivity (Wildman–Crippen MR) is 100 cm³/mol. The number of nitrogens with one attached hydrogen (secondary N) is 1. The molecule has 6 nitrogen and oxygen atoms in total. The van der Waals surface area contributed by atoms with Crippen molar-refractivity contribution in [1.29, 1.82) is 0 Å². The van der Waals surface area contributed by atoms with Gasteiger partial charge in [-0.15, -0.1) is 0 Å². The number of aryl methyl sites for hydroxylation is 1. The maximum atomic E-state index is 4.95. The molecule has 0 saturated carbocycles. The summed E-state index contributed by atoms with van der Waals surface area (Å²) in [6.45, 7) is 6.39. The van der Waals surface area contributed by atoms with E-state index in [2.05, 4.69) is 32.8 Å². The maximum Gasteiger partial charge on any atom is 0.227 e. The zero-order valence-corrected chi connectivity index (χ0v) is 15.1. The summed E-state index contributed by atoms with van der Waals surface area (Å²) in [6.07, 6.45) is 10.9. The van der Waals surface area contributed by atoms with Crippen molar-refractivity contribution in [2.45, 2.75) is 51.4 Å². The second kappa shape index (κ2) is 7.42. The Kier molecular flexibility index (Phi) is 4.85. The van der Waals surface area contributed by atoms with Gasteiger partial charge in [-0.1, -0.05) is 6.92 Å². The van der Waals surface area contributed by atoms with E-state index in [0.717, 1.165) is 55.9 Å². The first-order chi connectivity index (χ1) is 12.3. The minimum absolute atomic E-state index is 0.460. The number of aromatic nitrogens is 4. The molecule has 0 aromatic carbocycles. The van der Waals surface area contributed by atoms with Gasteiger partial charge in [-0.25, -0.2) is 9.97 Å². The third-order valence-electron chi connectivity index (χ3n) is 5.41. The minimum atomic E-state index is 0.460. The summed E-state index contributed by atoms with van der Waals surface area (Å²) >= 11 is 0. The van der Waals surface area contributed by atoms with Crippen molar-refractivity contribution in [3.63, 3.8) is 0 Å². The van der Waals surface area contributed by atoms with Gasteiger partial charge in [-0.05, 0) is 38.5 Å². The van der Waals surface area contributed by atoms with Crippen LogP contribution in [-0.2, 0) is 6.42 Å². The second-order valence-electron chi connectivity index (χ2n) is 7.18. The van der Waals surface area contributed by atoms with Crippen molar-refractivity contribution < 1.29 is 0 Å². The molecule has 0 amide bonds. The molecule has 25 heavy (non-hydrogen) atoms. The number of imidazole rings is 1. The fraction of sp³-hybridized carbons (Fsp3) is 0.632. The quantitative estimate of drug-likeness (QED) is 0.926. The van der Waals surface area contributed by atoms with Gasteiger partial charge >= 0.3 is 0 Å². The van der Waals surface area contributed by atoms with Crippen LogP contribution in [0.25, 0.3) is 0 Å². The molecule has 2 aromatic rings. The van der Waals surface area contributed by atoms with Gasteiger partial charge in [0.2, 0.25) is 5.95 Å². The van der Waals surface area contributed by atoms with Crippen LogP contribution in [0.15, 0.2) is 18.5 Å². The van der Waals surface area contributed by atoms with Gasteiger partial charge in [0, 0.05) is 56.3 Å². The molecule has 0 spiro atoms. The zero-order chi connectivity index (χ0) is 17.1. The van der Waals surface area contributed by atoms with E-state index in [-0.39, 0.29) is 0 Å². The molecule has 0 radical (unpaired) electrons. The summed E-state index contributed by atoms with van der Waals surface area (Å²) in [5.74, 6) is 3.57. The van der Waals surface area contributed by atoms with Gasteiger partial charge < -0.3 is 14.8 Å². The molecule has 2 aromatic heterocycles. The van der Waals surface area contributed by atoms with Gasteiger partial charge in [0.05, 0.1) is 0 Å². The Morgan fingerprint density at radius 3 is 2.68 bits per heavy atom. The summed E-state index contributed by atoms with van der Waals surface area (Å²) < 4.78 is 0. The van der Waals surface area contributed by atoms with Crippen LogP contribution < -0.4 is 9.80 Å². The molecule has 2 aliphatic rings. The van der Waals surface area contributed by atoms with E-state index >= 15 is 0 Å². The number of rotatable bonds is 4. The predicted octanol–water partition coefficient (Wildman–Crippen LogP) is 3.14. The maximum absolute atomic E-state index is 4.95. The van der Waals surface area contributed by atoms with Crippen molar-refractivity contribution in [1.82, 2.24) is 19.9 Å². The van der Waals surface area contributed by atoms with Gasteiger partial charge in [0.15, 0.2) is 0 Å². The third-order valence-corrected chi connectivity index (χ3v) is 5.41. The molecule has 1 unspecified atom stereocenters. The number of hydrogen-bond donors (Lipinski definition) is 1. The van der Waals surface area contributed by atoms with Crippen LogP contribution in [-0.4, -0.2) is 46.1 Å². The topological polar surface area (TPSA) is 60.9 Å². The minimum Gasteiger partial charge on any atom is -0.356 e. The molecular weight excluding hydrogens is 312 g/mol. The van der Waals surface area contributed by atoms with Gasteiger partial charge in [0.25, 0.3) is 0 Å².